The number of imidazole rings is 1. The minimum Gasteiger partial charge on any atom is -0.397 e. The summed E-state index contributed by atoms with van der Waals surface area (Å²) in [5, 5.41) is 0. The third kappa shape index (κ3) is 1.72. The summed E-state index contributed by atoms with van der Waals surface area (Å²) in [6.45, 7) is 4.20. The van der Waals surface area contributed by atoms with E-state index in [1.165, 1.54) is 6.07 Å². The topological polar surface area (TPSA) is 47.1 Å². The Hall–Kier alpha value is -2.04. The molecule has 1 aromatic carbocycles. The molecule has 1 aromatic heterocycles. The maximum atomic E-state index is 13.4. The maximum Gasteiger partial charge on any atom is 0.128 e. The van der Waals surface area contributed by atoms with Gasteiger partial charge in [0.1, 0.15) is 11.6 Å². The van der Waals surface area contributed by atoms with E-state index in [9.17, 15) is 4.39 Å². The molecular weight excluding hydrogens is 231 g/mol. The Kier molecular flexibility index (Phi) is 2.47. The molecule has 2 heterocycles. The van der Waals surface area contributed by atoms with Gasteiger partial charge in [0.05, 0.1) is 17.9 Å². The second kappa shape index (κ2) is 4.01. The largest absolute Gasteiger partial charge is 0.397 e. The van der Waals surface area contributed by atoms with Crippen LogP contribution < -0.4 is 10.6 Å². The molecule has 0 aliphatic carbocycles. The molecule has 1 aliphatic heterocycles. The number of aryl methyl sites for hydroxylation is 1. The molecule has 0 fully saturated rings. The van der Waals surface area contributed by atoms with Crippen LogP contribution in [0.5, 0.6) is 0 Å². The number of hydrogen-bond donors (Lipinski definition) is 1. The molecule has 5 heteroatoms. The minimum atomic E-state index is -0.255. The fourth-order valence-electron chi connectivity index (χ4n) is 2.33. The van der Waals surface area contributed by atoms with Gasteiger partial charge in [0, 0.05) is 25.5 Å². The van der Waals surface area contributed by atoms with Crippen LogP contribution >= 0.6 is 0 Å². The first kappa shape index (κ1) is 11.1. The average molecular weight is 246 g/mol. The fraction of sp³-hybridized carbons (Fsp3) is 0.308. The number of fused-ring (bicyclic) bond motifs is 1. The van der Waals surface area contributed by atoms with E-state index >= 15 is 0 Å². The SMILES string of the molecule is Cc1cc(N2CCn3ccnc3C2)c(N)cc1F. The van der Waals surface area contributed by atoms with Crippen LogP contribution in [0.15, 0.2) is 24.5 Å². The molecule has 0 unspecified atom stereocenters. The zero-order valence-corrected chi connectivity index (χ0v) is 10.2. The van der Waals surface area contributed by atoms with Gasteiger partial charge in [0.15, 0.2) is 0 Å². The number of nitrogens with zero attached hydrogens (tertiary/aromatic N) is 3. The molecule has 3 rings (SSSR count). The molecule has 0 spiro atoms. The van der Waals surface area contributed by atoms with E-state index in [1.54, 1.807) is 13.1 Å². The predicted molar refractivity (Wildman–Crippen MR) is 68.8 cm³/mol. The van der Waals surface area contributed by atoms with Gasteiger partial charge in [-0.05, 0) is 24.6 Å². The summed E-state index contributed by atoms with van der Waals surface area (Å²) in [7, 11) is 0. The third-order valence-electron chi connectivity index (χ3n) is 3.39. The van der Waals surface area contributed by atoms with Gasteiger partial charge < -0.3 is 15.2 Å². The van der Waals surface area contributed by atoms with Crippen molar-refractivity contribution >= 4 is 11.4 Å². The summed E-state index contributed by atoms with van der Waals surface area (Å²) in [5.74, 6) is 0.761. The summed E-state index contributed by atoms with van der Waals surface area (Å²) in [6.07, 6.45) is 3.78. The van der Waals surface area contributed by atoms with Crippen LogP contribution in [0.3, 0.4) is 0 Å². The van der Waals surface area contributed by atoms with Gasteiger partial charge in [-0.2, -0.15) is 0 Å². The molecule has 0 radical (unpaired) electrons. The quantitative estimate of drug-likeness (QED) is 0.782. The minimum absolute atomic E-state index is 0.255. The fourth-order valence-corrected chi connectivity index (χ4v) is 2.33. The number of halogens is 1. The van der Waals surface area contributed by atoms with E-state index in [0.717, 1.165) is 24.6 Å². The zero-order valence-electron chi connectivity index (χ0n) is 10.2. The van der Waals surface area contributed by atoms with Crippen molar-refractivity contribution in [3.8, 4) is 0 Å². The summed E-state index contributed by atoms with van der Waals surface area (Å²) < 4.78 is 15.5. The molecule has 0 saturated carbocycles. The van der Waals surface area contributed by atoms with Crippen LogP contribution in [0.2, 0.25) is 0 Å². The molecule has 2 aromatic rings. The van der Waals surface area contributed by atoms with Crippen molar-refractivity contribution in [1.82, 2.24) is 9.55 Å². The van der Waals surface area contributed by atoms with E-state index in [4.69, 9.17) is 5.73 Å². The van der Waals surface area contributed by atoms with E-state index in [0.29, 0.717) is 17.8 Å². The number of anilines is 2. The molecule has 18 heavy (non-hydrogen) atoms. The molecule has 2 N–H and O–H groups in total. The molecule has 94 valence electrons. The number of nitrogens with two attached hydrogens (primary N) is 1. The van der Waals surface area contributed by atoms with Crippen molar-refractivity contribution in [2.75, 3.05) is 17.2 Å². The highest BCUT2D eigenvalue weighted by molar-refractivity contribution is 5.68. The smallest absolute Gasteiger partial charge is 0.128 e. The number of nitrogen functional groups attached to an aromatic ring is 1. The second-order valence-electron chi connectivity index (χ2n) is 4.62. The lowest BCUT2D eigenvalue weighted by Gasteiger charge is -2.30. The lowest BCUT2D eigenvalue weighted by molar-refractivity contribution is 0.559. The third-order valence-corrected chi connectivity index (χ3v) is 3.39. The van der Waals surface area contributed by atoms with Crippen molar-refractivity contribution in [3.05, 3.63) is 41.7 Å². The lowest BCUT2D eigenvalue weighted by Crippen LogP contribution is -2.34. The van der Waals surface area contributed by atoms with Crippen LogP contribution in [0, 0.1) is 12.7 Å². The van der Waals surface area contributed by atoms with Gasteiger partial charge in [0.25, 0.3) is 0 Å². The highest BCUT2D eigenvalue weighted by Crippen LogP contribution is 2.29. The Morgan fingerprint density at radius 1 is 1.33 bits per heavy atom. The second-order valence-corrected chi connectivity index (χ2v) is 4.62. The first-order valence-electron chi connectivity index (χ1n) is 5.96. The molecular formula is C13H15FN4. The highest BCUT2D eigenvalue weighted by atomic mass is 19.1. The van der Waals surface area contributed by atoms with Crippen LogP contribution in [0.1, 0.15) is 11.4 Å². The Labute approximate surface area is 105 Å². The summed E-state index contributed by atoms with van der Waals surface area (Å²) in [4.78, 5) is 6.45. The van der Waals surface area contributed by atoms with Crippen molar-refractivity contribution in [1.29, 1.82) is 0 Å². The van der Waals surface area contributed by atoms with Crippen molar-refractivity contribution in [3.63, 3.8) is 0 Å². The molecule has 0 bridgehead atoms. The first-order valence-corrected chi connectivity index (χ1v) is 5.96. The molecule has 1 aliphatic rings. The summed E-state index contributed by atoms with van der Waals surface area (Å²) >= 11 is 0. The lowest BCUT2D eigenvalue weighted by atomic mass is 10.1. The molecule has 0 saturated heterocycles. The predicted octanol–water partition coefficient (Wildman–Crippen LogP) is 1.93. The van der Waals surface area contributed by atoms with Crippen molar-refractivity contribution in [2.24, 2.45) is 0 Å². The average Bonchev–Trinajstić information content (AvgIpc) is 2.80. The van der Waals surface area contributed by atoms with Gasteiger partial charge in [0.2, 0.25) is 0 Å². The standard InChI is InChI=1S/C13H15FN4/c1-9-6-12(11(15)7-10(9)14)18-5-4-17-3-2-16-13(17)8-18/h2-3,6-7H,4-5,8,15H2,1H3. The number of rotatable bonds is 1. The van der Waals surface area contributed by atoms with Crippen molar-refractivity contribution in [2.45, 2.75) is 20.0 Å². The van der Waals surface area contributed by atoms with Gasteiger partial charge in [-0.1, -0.05) is 0 Å². The normalized spacial score (nSPS) is 14.7. The number of aromatic nitrogens is 2. The van der Waals surface area contributed by atoms with Crippen molar-refractivity contribution < 1.29 is 4.39 Å². The van der Waals surface area contributed by atoms with Crippen LogP contribution in [0.4, 0.5) is 15.8 Å². The van der Waals surface area contributed by atoms with E-state index in [-0.39, 0.29) is 5.82 Å². The molecule has 0 amide bonds. The zero-order chi connectivity index (χ0) is 12.7. The summed E-state index contributed by atoms with van der Waals surface area (Å²) in [6, 6.07) is 3.20. The molecule has 4 nitrogen and oxygen atoms in total. The van der Waals surface area contributed by atoms with Crippen LogP contribution in [-0.2, 0) is 13.1 Å². The Morgan fingerprint density at radius 3 is 3.00 bits per heavy atom. The van der Waals surface area contributed by atoms with E-state index in [1.807, 2.05) is 12.3 Å². The van der Waals surface area contributed by atoms with Crippen LogP contribution in [-0.4, -0.2) is 16.1 Å². The summed E-state index contributed by atoms with van der Waals surface area (Å²) in [5.41, 5.74) is 7.90. The highest BCUT2D eigenvalue weighted by Gasteiger charge is 2.19. The maximum absolute atomic E-state index is 13.4. The van der Waals surface area contributed by atoms with E-state index < -0.39 is 0 Å². The molecule has 0 atom stereocenters. The number of hydrogen-bond acceptors (Lipinski definition) is 3. The number of benzene rings is 1. The van der Waals surface area contributed by atoms with E-state index in [2.05, 4.69) is 14.5 Å². The van der Waals surface area contributed by atoms with Gasteiger partial charge in [-0.25, -0.2) is 9.37 Å². The monoisotopic (exact) mass is 246 g/mol. The van der Waals surface area contributed by atoms with Gasteiger partial charge in [-0.15, -0.1) is 0 Å². The Balaban J connectivity index is 1.95. The van der Waals surface area contributed by atoms with Gasteiger partial charge >= 0.3 is 0 Å². The van der Waals surface area contributed by atoms with Gasteiger partial charge in [-0.3, -0.25) is 0 Å². The van der Waals surface area contributed by atoms with Crippen LogP contribution in [0.25, 0.3) is 0 Å². The Morgan fingerprint density at radius 2 is 2.17 bits per heavy atom. The first-order chi connectivity index (χ1) is 8.65. The Bertz CT molecular complexity index is 591.